The maximum Gasteiger partial charge on any atom is 0.264 e. The number of nitrogens with zero attached hydrogens (tertiary/aromatic N) is 2. The number of para-hydroxylation sites is 2. The molecule has 1 N–H and O–H groups in total. The van der Waals surface area contributed by atoms with Gasteiger partial charge in [-0.05, 0) is 73.5 Å². The largest absolute Gasteiger partial charge is 0.497 e. The SMILES string of the molecule is COc1ccc(S(=O)(=O)N2C[C@@H](C(=O)NCc3ccc(CN4CCCC4)cc3)Oc3ccccc32)cc1. The second kappa shape index (κ2) is 10.8. The summed E-state index contributed by atoms with van der Waals surface area (Å²) in [5.41, 5.74) is 2.62. The van der Waals surface area contributed by atoms with Gasteiger partial charge in [-0.1, -0.05) is 36.4 Å². The number of anilines is 1. The van der Waals surface area contributed by atoms with Crippen molar-refractivity contribution in [2.75, 3.05) is 31.0 Å². The summed E-state index contributed by atoms with van der Waals surface area (Å²) in [6.45, 7) is 3.43. The van der Waals surface area contributed by atoms with E-state index < -0.39 is 16.1 Å². The Kier molecular flexibility index (Phi) is 7.34. The maximum atomic E-state index is 13.5. The van der Waals surface area contributed by atoms with Gasteiger partial charge in [0.1, 0.15) is 11.5 Å². The molecule has 1 saturated heterocycles. The number of sulfonamides is 1. The molecule has 0 spiro atoms. The van der Waals surface area contributed by atoms with E-state index in [9.17, 15) is 13.2 Å². The van der Waals surface area contributed by atoms with Crippen LogP contribution in [0, 0.1) is 0 Å². The van der Waals surface area contributed by atoms with Gasteiger partial charge in [0.25, 0.3) is 15.9 Å². The molecule has 0 saturated carbocycles. The summed E-state index contributed by atoms with van der Waals surface area (Å²) < 4.78 is 39.4. The van der Waals surface area contributed by atoms with Crippen LogP contribution in [0.15, 0.2) is 77.7 Å². The molecule has 0 radical (unpaired) electrons. The molecule has 0 aromatic heterocycles. The second-order valence-electron chi connectivity index (χ2n) is 9.30. The standard InChI is InChI=1S/C28H31N3O5S/c1-35-23-12-14-24(15-13-23)37(33,34)31-20-27(36-26-7-3-2-6-25(26)31)28(32)29-18-21-8-10-22(11-9-21)19-30-16-4-5-17-30/h2-3,6-15,27H,4-5,16-20H2,1H3,(H,29,32)/t27-/m0/s1. The number of carbonyl (C=O) groups excluding carboxylic acids is 1. The molecule has 8 nitrogen and oxygen atoms in total. The molecule has 1 fully saturated rings. The van der Waals surface area contributed by atoms with Crippen molar-refractivity contribution in [2.24, 2.45) is 0 Å². The first kappa shape index (κ1) is 25.1. The minimum absolute atomic E-state index is 0.109. The average molecular weight is 522 g/mol. The highest BCUT2D eigenvalue weighted by atomic mass is 32.2. The van der Waals surface area contributed by atoms with Crippen LogP contribution in [0.4, 0.5) is 5.69 Å². The van der Waals surface area contributed by atoms with Gasteiger partial charge in [-0.2, -0.15) is 0 Å². The third kappa shape index (κ3) is 5.57. The van der Waals surface area contributed by atoms with Crippen molar-refractivity contribution in [2.45, 2.75) is 36.9 Å². The van der Waals surface area contributed by atoms with E-state index in [1.54, 1.807) is 36.4 Å². The molecule has 2 aliphatic heterocycles. The maximum absolute atomic E-state index is 13.5. The minimum atomic E-state index is -3.94. The number of benzene rings is 3. The fraction of sp³-hybridized carbons (Fsp3) is 0.321. The molecule has 2 aliphatic rings. The van der Waals surface area contributed by atoms with E-state index in [1.165, 1.54) is 42.0 Å². The van der Waals surface area contributed by atoms with Crippen molar-refractivity contribution in [1.82, 2.24) is 10.2 Å². The Bertz CT molecular complexity index is 1340. The van der Waals surface area contributed by atoms with E-state index in [0.29, 0.717) is 23.7 Å². The van der Waals surface area contributed by atoms with E-state index in [4.69, 9.17) is 9.47 Å². The van der Waals surface area contributed by atoms with E-state index in [-0.39, 0.29) is 17.3 Å². The number of carbonyl (C=O) groups is 1. The molecule has 3 aromatic rings. The van der Waals surface area contributed by atoms with E-state index >= 15 is 0 Å². The molecule has 37 heavy (non-hydrogen) atoms. The summed E-state index contributed by atoms with van der Waals surface area (Å²) in [7, 11) is -2.41. The predicted molar refractivity (Wildman–Crippen MR) is 141 cm³/mol. The van der Waals surface area contributed by atoms with Gasteiger partial charge in [-0.15, -0.1) is 0 Å². The van der Waals surface area contributed by atoms with Crippen molar-refractivity contribution >= 4 is 21.6 Å². The van der Waals surface area contributed by atoms with Gasteiger partial charge in [-0.3, -0.25) is 14.0 Å². The zero-order valence-corrected chi connectivity index (χ0v) is 21.6. The van der Waals surface area contributed by atoms with Crippen molar-refractivity contribution in [3.05, 3.63) is 83.9 Å². The Hall–Kier alpha value is -3.56. The number of likely N-dealkylation sites (tertiary alicyclic amines) is 1. The lowest BCUT2D eigenvalue weighted by atomic mass is 10.1. The minimum Gasteiger partial charge on any atom is -0.497 e. The molecule has 2 heterocycles. The highest BCUT2D eigenvalue weighted by Crippen LogP contribution is 2.37. The third-order valence-electron chi connectivity index (χ3n) is 6.77. The first-order chi connectivity index (χ1) is 17.9. The predicted octanol–water partition coefficient (Wildman–Crippen LogP) is 3.56. The van der Waals surface area contributed by atoms with E-state index in [0.717, 1.165) is 25.2 Å². The molecule has 1 atom stereocenters. The highest BCUT2D eigenvalue weighted by molar-refractivity contribution is 7.92. The number of methoxy groups -OCH3 is 1. The molecular weight excluding hydrogens is 490 g/mol. The number of amides is 1. The van der Waals surface area contributed by atoms with Crippen LogP contribution in [-0.2, 0) is 27.9 Å². The lowest BCUT2D eigenvalue weighted by Gasteiger charge is -2.34. The van der Waals surface area contributed by atoms with Crippen molar-refractivity contribution in [1.29, 1.82) is 0 Å². The zero-order chi connectivity index (χ0) is 25.8. The third-order valence-corrected chi connectivity index (χ3v) is 8.56. The molecule has 0 unspecified atom stereocenters. The molecule has 5 rings (SSSR count). The summed E-state index contributed by atoms with van der Waals surface area (Å²) in [6.07, 6.45) is 1.53. The lowest BCUT2D eigenvalue weighted by Crippen LogP contribution is -2.50. The van der Waals surface area contributed by atoms with Gasteiger partial charge >= 0.3 is 0 Å². The van der Waals surface area contributed by atoms with Gasteiger partial charge in [0, 0.05) is 13.1 Å². The number of nitrogens with one attached hydrogen (secondary N) is 1. The van der Waals surface area contributed by atoms with Crippen LogP contribution in [0.25, 0.3) is 0 Å². The summed E-state index contributed by atoms with van der Waals surface area (Å²) >= 11 is 0. The van der Waals surface area contributed by atoms with Crippen molar-refractivity contribution < 1.29 is 22.7 Å². The van der Waals surface area contributed by atoms with Crippen LogP contribution >= 0.6 is 0 Å². The number of ether oxygens (including phenoxy) is 2. The molecule has 194 valence electrons. The Labute approximate surface area is 217 Å². The fourth-order valence-corrected chi connectivity index (χ4v) is 6.18. The van der Waals surface area contributed by atoms with Crippen LogP contribution in [0.3, 0.4) is 0 Å². The number of hydrogen-bond donors (Lipinski definition) is 1. The van der Waals surface area contributed by atoms with Crippen LogP contribution in [0.2, 0.25) is 0 Å². The average Bonchev–Trinajstić information content (AvgIpc) is 3.45. The Balaban J connectivity index is 1.28. The van der Waals surface area contributed by atoms with Gasteiger partial charge in [-0.25, -0.2) is 8.42 Å². The molecular formula is C28H31N3O5S. The normalized spacial score (nSPS) is 17.6. The van der Waals surface area contributed by atoms with Crippen LogP contribution in [0.1, 0.15) is 24.0 Å². The highest BCUT2D eigenvalue weighted by Gasteiger charge is 2.37. The lowest BCUT2D eigenvalue weighted by molar-refractivity contribution is -0.127. The first-order valence-electron chi connectivity index (χ1n) is 12.4. The van der Waals surface area contributed by atoms with E-state index in [1.807, 2.05) is 12.1 Å². The molecule has 0 aliphatic carbocycles. The Morgan fingerprint density at radius 3 is 2.35 bits per heavy atom. The van der Waals surface area contributed by atoms with Crippen LogP contribution < -0.4 is 19.1 Å². The second-order valence-corrected chi connectivity index (χ2v) is 11.2. The summed E-state index contributed by atoms with van der Waals surface area (Å²) in [4.78, 5) is 15.6. The zero-order valence-electron chi connectivity index (χ0n) is 20.8. The van der Waals surface area contributed by atoms with Gasteiger partial charge in [0.2, 0.25) is 0 Å². The quantitative estimate of drug-likeness (QED) is 0.488. The van der Waals surface area contributed by atoms with Crippen molar-refractivity contribution in [3.63, 3.8) is 0 Å². The van der Waals surface area contributed by atoms with Gasteiger partial charge in [0.15, 0.2) is 6.10 Å². The van der Waals surface area contributed by atoms with Gasteiger partial charge < -0.3 is 14.8 Å². The summed E-state index contributed by atoms with van der Waals surface area (Å²) in [5, 5.41) is 2.91. The van der Waals surface area contributed by atoms with Crippen molar-refractivity contribution in [3.8, 4) is 11.5 Å². The Morgan fingerprint density at radius 2 is 1.65 bits per heavy atom. The van der Waals surface area contributed by atoms with Crippen LogP contribution in [0.5, 0.6) is 11.5 Å². The molecule has 0 bridgehead atoms. The number of fused-ring (bicyclic) bond motifs is 1. The van der Waals surface area contributed by atoms with E-state index in [2.05, 4.69) is 22.3 Å². The monoisotopic (exact) mass is 521 g/mol. The smallest absolute Gasteiger partial charge is 0.264 e. The topological polar surface area (TPSA) is 88.2 Å². The molecule has 9 heteroatoms. The number of hydrogen-bond acceptors (Lipinski definition) is 6. The molecule has 3 aromatic carbocycles. The summed E-state index contributed by atoms with van der Waals surface area (Å²) in [6, 6.07) is 21.2. The van der Waals surface area contributed by atoms with Crippen LogP contribution in [-0.4, -0.2) is 52.1 Å². The number of rotatable bonds is 8. The fourth-order valence-electron chi connectivity index (χ4n) is 4.71. The summed E-state index contributed by atoms with van der Waals surface area (Å²) in [5.74, 6) is 0.533. The van der Waals surface area contributed by atoms with Gasteiger partial charge in [0.05, 0.1) is 24.2 Å². The Morgan fingerprint density at radius 1 is 0.973 bits per heavy atom. The molecule has 1 amide bonds. The first-order valence-corrected chi connectivity index (χ1v) is 13.9.